The number of nitrogens with zero attached hydrogens (tertiary/aromatic N) is 2. The van der Waals surface area contributed by atoms with E-state index >= 15 is 0 Å². The van der Waals surface area contributed by atoms with Gasteiger partial charge < -0.3 is 9.73 Å². The van der Waals surface area contributed by atoms with Gasteiger partial charge in [0.1, 0.15) is 5.76 Å². The first-order valence-electron chi connectivity index (χ1n) is 5.56. The lowest BCUT2D eigenvalue weighted by atomic mass is 10.2. The summed E-state index contributed by atoms with van der Waals surface area (Å²) in [4.78, 5) is 6.50. The summed E-state index contributed by atoms with van der Waals surface area (Å²) < 4.78 is 5.18. The molecule has 0 bridgehead atoms. The third kappa shape index (κ3) is 2.79. The Kier molecular flexibility index (Phi) is 3.38. The molecule has 0 saturated carbocycles. The molecule has 1 atom stereocenters. The second-order valence-electron chi connectivity index (χ2n) is 4.35. The van der Waals surface area contributed by atoms with E-state index in [0.717, 1.165) is 24.5 Å². The van der Waals surface area contributed by atoms with Crippen LogP contribution in [0.15, 0.2) is 10.8 Å². The van der Waals surface area contributed by atoms with Gasteiger partial charge in [0, 0.05) is 19.1 Å². The first kappa shape index (κ1) is 10.6. The molecule has 0 amide bonds. The van der Waals surface area contributed by atoms with Gasteiger partial charge in [0.25, 0.3) is 0 Å². The van der Waals surface area contributed by atoms with Crippen LogP contribution in [-0.4, -0.2) is 36.1 Å². The summed E-state index contributed by atoms with van der Waals surface area (Å²) in [5.74, 6) is 0.932. The monoisotopic (exact) mass is 209 g/mol. The van der Waals surface area contributed by atoms with Crippen LogP contribution in [0.4, 0.5) is 0 Å². The minimum absolute atomic E-state index is 0.655. The highest BCUT2D eigenvalue weighted by atomic mass is 16.3. The predicted molar refractivity (Wildman–Crippen MR) is 58.6 cm³/mol. The Morgan fingerprint density at radius 2 is 2.53 bits per heavy atom. The molecule has 1 N–H and O–H groups in total. The molecule has 84 valence electrons. The summed E-state index contributed by atoms with van der Waals surface area (Å²) in [6, 6.07) is 0.655. The molecule has 0 aliphatic carbocycles. The van der Waals surface area contributed by atoms with Gasteiger partial charge in [-0.25, -0.2) is 4.98 Å². The number of aryl methyl sites for hydroxylation is 1. The Bertz CT molecular complexity index is 305. The third-order valence-electron chi connectivity index (χ3n) is 2.96. The highest BCUT2D eigenvalue weighted by molar-refractivity contribution is 5.04. The molecule has 15 heavy (non-hydrogen) atoms. The van der Waals surface area contributed by atoms with E-state index in [1.807, 2.05) is 6.92 Å². The molecule has 1 aliphatic heterocycles. The molecule has 1 unspecified atom stereocenters. The van der Waals surface area contributed by atoms with Crippen LogP contribution in [0.1, 0.15) is 24.3 Å². The quantitative estimate of drug-likeness (QED) is 0.808. The maximum atomic E-state index is 5.18. The summed E-state index contributed by atoms with van der Waals surface area (Å²) in [6.45, 7) is 5.10. The van der Waals surface area contributed by atoms with Gasteiger partial charge in [0.2, 0.25) is 0 Å². The summed E-state index contributed by atoms with van der Waals surface area (Å²) in [5.41, 5.74) is 1.05. The van der Waals surface area contributed by atoms with E-state index < -0.39 is 0 Å². The highest BCUT2D eigenvalue weighted by Crippen LogP contribution is 2.10. The van der Waals surface area contributed by atoms with E-state index in [1.165, 1.54) is 25.8 Å². The van der Waals surface area contributed by atoms with Gasteiger partial charge in [-0.3, -0.25) is 4.90 Å². The maximum Gasteiger partial charge on any atom is 0.181 e. The number of oxazole rings is 1. The largest absolute Gasteiger partial charge is 0.448 e. The van der Waals surface area contributed by atoms with Crippen LogP contribution in [-0.2, 0) is 6.54 Å². The molecule has 1 fully saturated rings. The van der Waals surface area contributed by atoms with Crippen molar-refractivity contribution in [1.82, 2.24) is 15.2 Å². The fourth-order valence-corrected chi connectivity index (χ4v) is 2.09. The van der Waals surface area contributed by atoms with Crippen LogP contribution in [0.5, 0.6) is 0 Å². The Labute approximate surface area is 90.7 Å². The molecule has 1 aromatic rings. The molecule has 0 spiro atoms. The topological polar surface area (TPSA) is 41.3 Å². The number of nitrogens with one attached hydrogen (secondary N) is 1. The highest BCUT2D eigenvalue weighted by Gasteiger charge is 2.16. The molecule has 1 saturated heterocycles. The van der Waals surface area contributed by atoms with Gasteiger partial charge in [-0.1, -0.05) is 0 Å². The Morgan fingerprint density at radius 1 is 1.67 bits per heavy atom. The number of rotatable bonds is 4. The van der Waals surface area contributed by atoms with E-state index in [1.54, 1.807) is 0 Å². The number of hydrogen-bond acceptors (Lipinski definition) is 4. The van der Waals surface area contributed by atoms with Crippen molar-refractivity contribution < 1.29 is 4.42 Å². The molecule has 2 rings (SSSR count). The number of aromatic nitrogens is 1. The molecular formula is C11H19N3O. The van der Waals surface area contributed by atoms with Crippen molar-refractivity contribution in [3.8, 4) is 0 Å². The minimum atomic E-state index is 0.655. The van der Waals surface area contributed by atoms with Crippen molar-refractivity contribution in [3.63, 3.8) is 0 Å². The molecule has 2 heterocycles. The first-order valence-corrected chi connectivity index (χ1v) is 5.56. The lowest BCUT2D eigenvalue weighted by Crippen LogP contribution is -2.35. The lowest BCUT2D eigenvalue weighted by molar-refractivity contribution is 0.289. The van der Waals surface area contributed by atoms with Gasteiger partial charge in [-0.2, -0.15) is 0 Å². The van der Waals surface area contributed by atoms with E-state index in [-0.39, 0.29) is 0 Å². The van der Waals surface area contributed by atoms with Crippen LogP contribution in [0.2, 0.25) is 0 Å². The van der Waals surface area contributed by atoms with E-state index in [2.05, 4.69) is 22.2 Å². The second-order valence-corrected chi connectivity index (χ2v) is 4.35. The van der Waals surface area contributed by atoms with Crippen LogP contribution in [0, 0.1) is 6.92 Å². The van der Waals surface area contributed by atoms with Crippen molar-refractivity contribution in [2.75, 3.05) is 20.1 Å². The first-order chi connectivity index (χ1) is 7.25. The average molecular weight is 209 g/mol. The molecule has 4 nitrogen and oxygen atoms in total. The molecule has 1 aliphatic rings. The molecule has 0 aromatic carbocycles. The van der Waals surface area contributed by atoms with Gasteiger partial charge in [-0.05, 0) is 33.4 Å². The molecule has 1 aromatic heterocycles. The zero-order valence-corrected chi connectivity index (χ0v) is 9.49. The predicted octanol–water partition coefficient (Wildman–Crippen LogP) is 1.17. The fourth-order valence-electron chi connectivity index (χ4n) is 2.09. The maximum absolute atomic E-state index is 5.18. The second kappa shape index (κ2) is 4.77. The number of likely N-dealkylation sites (N-methyl/N-ethyl adjacent to an activating group) is 1. The summed E-state index contributed by atoms with van der Waals surface area (Å²) in [5, 5.41) is 3.50. The molecule has 4 heteroatoms. The van der Waals surface area contributed by atoms with Crippen LogP contribution in [0.25, 0.3) is 0 Å². The number of hydrogen-bond donors (Lipinski definition) is 1. The van der Waals surface area contributed by atoms with Crippen LogP contribution < -0.4 is 5.32 Å². The van der Waals surface area contributed by atoms with Gasteiger partial charge in [0.15, 0.2) is 6.39 Å². The summed E-state index contributed by atoms with van der Waals surface area (Å²) in [6.07, 6.45) is 4.12. The SMILES string of the molecule is Cc1ocnc1CN(C)CC1CCCN1. The average Bonchev–Trinajstić information content (AvgIpc) is 2.79. The van der Waals surface area contributed by atoms with Gasteiger partial charge >= 0.3 is 0 Å². The van der Waals surface area contributed by atoms with Crippen molar-refractivity contribution >= 4 is 0 Å². The van der Waals surface area contributed by atoms with Crippen LogP contribution >= 0.6 is 0 Å². The zero-order chi connectivity index (χ0) is 10.7. The fraction of sp³-hybridized carbons (Fsp3) is 0.727. The van der Waals surface area contributed by atoms with E-state index in [4.69, 9.17) is 4.42 Å². The van der Waals surface area contributed by atoms with Crippen LogP contribution in [0.3, 0.4) is 0 Å². The smallest absolute Gasteiger partial charge is 0.181 e. The summed E-state index contributed by atoms with van der Waals surface area (Å²) in [7, 11) is 2.13. The standard InChI is InChI=1S/C11H19N3O/c1-9-11(13-8-15-9)7-14(2)6-10-4-3-5-12-10/h8,10,12H,3-7H2,1-2H3. The zero-order valence-electron chi connectivity index (χ0n) is 9.49. The Hall–Kier alpha value is -0.870. The van der Waals surface area contributed by atoms with Gasteiger partial charge in [-0.15, -0.1) is 0 Å². The van der Waals surface area contributed by atoms with Crippen molar-refractivity contribution in [2.24, 2.45) is 0 Å². The third-order valence-corrected chi connectivity index (χ3v) is 2.96. The van der Waals surface area contributed by atoms with Crippen molar-refractivity contribution in [3.05, 3.63) is 17.8 Å². The van der Waals surface area contributed by atoms with E-state index in [9.17, 15) is 0 Å². The lowest BCUT2D eigenvalue weighted by Gasteiger charge is -2.20. The van der Waals surface area contributed by atoms with Crippen molar-refractivity contribution in [2.45, 2.75) is 32.4 Å². The summed E-state index contributed by atoms with van der Waals surface area (Å²) >= 11 is 0. The Balaban J connectivity index is 1.81. The van der Waals surface area contributed by atoms with Gasteiger partial charge in [0.05, 0.1) is 5.69 Å². The Morgan fingerprint density at radius 3 is 3.13 bits per heavy atom. The molecular weight excluding hydrogens is 190 g/mol. The molecule has 0 radical (unpaired) electrons. The van der Waals surface area contributed by atoms with Crippen molar-refractivity contribution in [1.29, 1.82) is 0 Å². The van der Waals surface area contributed by atoms with E-state index in [0.29, 0.717) is 6.04 Å². The minimum Gasteiger partial charge on any atom is -0.448 e. The normalized spacial score (nSPS) is 21.4.